The van der Waals surface area contributed by atoms with Gasteiger partial charge in [-0.2, -0.15) is 0 Å². The highest BCUT2D eigenvalue weighted by molar-refractivity contribution is 6.32. The number of amides is 1. The summed E-state index contributed by atoms with van der Waals surface area (Å²) in [7, 11) is 1.28. The molecule has 2 aromatic rings. The van der Waals surface area contributed by atoms with Crippen molar-refractivity contribution >= 4 is 23.5 Å². The average molecular weight is 348 g/mol. The highest BCUT2D eigenvalue weighted by atomic mass is 35.5. The van der Waals surface area contributed by atoms with Gasteiger partial charge in [0, 0.05) is 6.42 Å². The molecule has 0 aromatic heterocycles. The van der Waals surface area contributed by atoms with Gasteiger partial charge < -0.3 is 14.8 Å². The van der Waals surface area contributed by atoms with Gasteiger partial charge in [0.05, 0.1) is 12.1 Å². The number of rotatable bonds is 7. The van der Waals surface area contributed by atoms with Crippen LogP contribution in [0, 0.1) is 0 Å². The lowest BCUT2D eigenvalue weighted by Crippen LogP contribution is -2.44. The van der Waals surface area contributed by atoms with E-state index in [-0.39, 0.29) is 6.61 Å². The zero-order valence-corrected chi connectivity index (χ0v) is 14.0. The maximum atomic E-state index is 12.1. The Kier molecular flexibility index (Phi) is 6.63. The second-order valence-corrected chi connectivity index (χ2v) is 5.46. The number of hydrogen-bond acceptors (Lipinski definition) is 4. The van der Waals surface area contributed by atoms with Crippen molar-refractivity contribution in [2.45, 2.75) is 12.5 Å². The summed E-state index contributed by atoms with van der Waals surface area (Å²) in [5.41, 5.74) is 0.917. The molecule has 24 heavy (non-hydrogen) atoms. The minimum atomic E-state index is -0.778. The van der Waals surface area contributed by atoms with Crippen LogP contribution in [0.2, 0.25) is 5.02 Å². The molecule has 0 aliphatic rings. The summed E-state index contributed by atoms with van der Waals surface area (Å²) in [6.07, 6.45) is 0.339. The Bertz CT molecular complexity index is 690. The molecule has 0 fully saturated rings. The van der Waals surface area contributed by atoms with Crippen LogP contribution in [0.25, 0.3) is 0 Å². The van der Waals surface area contributed by atoms with Gasteiger partial charge in [-0.15, -0.1) is 0 Å². The zero-order chi connectivity index (χ0) is 17.4. The van der Waals surface area contributed by atoms with Gasteiger partial charge in [0.2, 0.25) is 0 Å². The number of para-hydroxylation sites is 1. The predicted octanol–water partition coefficient (Wildman–Crippen LogP) is 2.62. The minimum absolute atomic E-state index is 0.244. The molecule has 1 amide bonds. The average Bonchev–Trinajstić information content (AvgIpc) is 2.60. The van der Waals surface area contributed by atoms with Gasteiger partial charge in [-0.25, -0.2) is 4.79 Å². The van der Waals surface area contributed by atoms with Crippen LogP contribution in [0.5, 0.6) is 5.75 Å². The largest absolute Gasteiger partial charge is 0.482 e. The monoisotopic (exact) mass is 347 g/mol. The molecule has 0 spiro atoms. The Morgan fingerprint density at radius 3 is 2.42 bits per heavy atom. The quantitative estimate of drug-likeness (QED) is 0.782. The van der Waals surface area contributed by atoms with Crippen molar-refractivity contribution in [3.05, 3.63) is 65.2 Å². The van der Waals surface area contributed by atoms with E-state index in [1.165, 1.54) is 7.11 Å². The predicted molar refractivity (Wildman–Crippen MR) is 91.0 cm³/mol. The van der Waals surface area contributed by atoms with Crippen LogP contribution in [0.4, 0.5) is 0 Å². The SMILES string of the molecule is COC(=O)[C@H](Cc1ccccc1)NC(=O)COc1ccccc1Cl. The zero-order valence-electron chi connectivity index (χ0n) is 13.2. The molecule has 1 N–H and O–H groups in total. The fourth-order valence-electron chi connectivity index (χ4n) is 2.13. The number of carbonyl (C=O) groups is 2. The molecule has 2 rings (SSSR count). The van der Waals surface area contributed by atoms with Gasteiger partial charge in [0.25, 0.3) is 5.91 Å². The van der Waals surface area contributed by atoms with Gasteiger partial charge in [-0.1, -0.05) is 54.1 Å². The highest BCUT2D eigenvalue weighted by Crippen LogP contribution is 2.22. The number of nitrogens with one attached hydrogen (secondary N) is 1. The number of hydrogen-bond donors (Lipinski definition) is 1. The molecule has 6 heteroatoms. The van der Waals surface area contributed by atoms with Crippen LogP contribution >= 0.6 is 11.6 Å². The number of benzene rings is 2. The Hall–Kier alpha value is -2.53. The molecule has 0 bridgehead atoms. The third-order valence-corrected chi connectivity index (χ3v) is 3.61. The molecule has 0 aliphatic heterocycles. The van der Waals surface area contributed by atoms with Crippen LogP contribution in [0.15, 0.2) is 54.6 Å². The lowest BCUT2D eigenvalue weighted by Gasteiger charge is -2.17. The van der Waals surface area contributed by atoms with Crippen molar-refractivity contribution in [2.75, 3.05) is 13.7 Å². The molecular formula is C18H18ClNO4. The molecule has 5 nitrogen and oxygen atoms in total. The maximum absolute atomic E-state index is 12.1. The molecular weight excluding hydrogens is 330 g/mol. The van der Waals surface area contributed by atoms with E-state index < -0.39 is 17.9 Å². The van der Waals surface area contributed by atoms with E-state index in [1.54, 1.807) is 24.3 Å². The standard InChI is InChI=1S/C18H18ClNO4/c1-23-18(22)15(11-13-7-3-2-4-8-13)20-17(21)12-24-16-10-6-5-9-14(16)19/h2-10,15H,11-12H2,1H3,(H,20,21)/t15-/m0/s1. The summed E-state index contributed by atoms with van der Waals surface area (Å²) in [6, 6.07) is 15.4. The van der Waals surface area contributed by atoms with E-state index in [0.717, 1.165) is 5.56 Å². The number of halogens is 1. The first-order valence-corrected chi connectivity index (χ1v) is 7.76. The van der Waals surface area contributed by atoms with E-state index in [2.05, 4.69) is 5.32 Å². The Morgan fingerprint density at radius 1 is 1.08 bits per heavy atom. The van der Waals surface area contributed by atoms with E-state index in [0.29, 0.717) is 17.2 Å². The number of methoxy groups -OCH3 is 1. The van der Waals surface area contributed by atoms with E-state index >= 15 is 0 Å². The fraction of sp³-hybridized carbons (Fsp3) is 0.222. The van der Waals surface area contributed by atoms with Gasteiger partial charge in [0.1, 0.15) is 11.8 Å². The molecule has 0 heterocycles. The Balaban J connectivity index is 1.94. The van der Waals surface area contributed by atoms with E-state index in [4.69, 9.17) is 21.1 Å². The first-order valence-electron chi connectivity index (χ1n) is 7.38. The number of ether oxygens (including phenoxy) is 2. The summed E-state index contributed by atoms with van der Waals surface area (Å²) >= 11 is 5.96. The normalized spacial score (nSPS) is 11.4. The lowest BCUT2D eigenvalue weighted by atomic mass is 10.1. The van der Waals surface area contributed by atoms with Crippen LogP contribution in [0.1, 0.15) is 5.56 Å². The highest BCUT2D eigenvalue weighted by Gasteiger charge is 2.22. The maximum Gasteiger partial charge on any atom is 0.328 e. The fourth-order valence-corrected chi connectivity index (χ4v) is 2.32. The number of carbonyl (C=O) groups excluding carboxylic acids is 2. The minimum Gasteiger partial charge on any atom is -0.482 e. The topological polar surface area (TPSA) is 64.6 Å². The van der Waals surface area contributed by atoms with Crippen molar-refractivity contribution in [2.24, 2.45) is 0 Å². The molecule has 126 valence electrons. The van der Waals surface area contributed by atoms with Gasteiger partial charge >= 0.3 is 5.97 Å². The molecule has 2 aromatic carbocycles. The van der Waals surface area contributed by atoms with Gasteiger partial charge in [0.15, 0.2) is 6.61 Å². The molecule has 0 unspecified atom stereocenters. The molecule has 0 aliphatic carbocycles. The molecule has 1 atom stereocenters. The van der Waals surface area contributed by atoms with Crippen molar-refractivity contribution < 1.29 is 19.1 Å². The third kappa shape index (κ3) is 5.28. The Morgan fingerprint density at radius 2 is 1.75 bits per heavy atom. The van der Waals surface area contributed by atoms with Crippen molar-refractivity contribution in [3.8, 4) is 5.75 Å². The second kappa shape index (κ2) is 8.93. The van der Waals surface area contributed by atoms with Crippen molar-refractivity contribution in [1.29, 1.82) is 0 Å². The smallest absolute Gasteiger partial charge is 0.328 e. The summed E-state index contributed by atoms with van der Waals surface area (Å²) in [4.78, 5) is 23.9. The Labute approximate surface area is 145 Å². The van der Waals surface area contributed by atoms with Crippen LogP contribution in [-0.4, -0.2) is 31.6 Å². The van der Waals surface area contributed by atoms with Crippen molar-refractivity contribution in [1.82, 2.24) is 5.32 Å². The summed E-state index contributed by atoms with van der Waals surface area (Å²) in [6.45, 7) is -0.244. The van der Waals surface area contributed by atoms with Crippen molar-refractivity contribution in [3.63, 3.8) is 0 Å². The van der Waals surface area contributed by atoms with E-state index in [9.17, 15) is 9.59 Å². The number of esters is 1. The van der Waals surface area contributed by atoms with Crippen LogP contribution < -0.4 is 10.1 Å². The molecule has 0 saturated heterocycles. The summed E-state index contributed by atoms with van der Waals surface area (Å²) in [5, 5.41) is 3.04. The van der Waals surface area contributed by atoms with Crippen LogP contribution in [0.3, 0.4) is 0 Å². The van der Waals surface area contributed by atoms with Crippen LogP contribution in [-0.2, 0) is 20.7 Å². The first-order chi connectivity index (χ1) is 11.6. The summed E-state index contributed by atoms with van der Waals surface area (Å²) < 4.78 is 10.1. The molecule has 0 saturated carbocycles. The van der Waals surface area contributed by atoms with Gasteiger partial charge in [-0.3, -0.25) is 4.79 Å². The van der Waals surface area contributed by atoms with Gasteiger partial charge in [-0.05, 0) is 17.7 Å². The lowest BCUT2D eigenvalue weighted by molar-refractivity contribution is -0.145. The molecule has 0 radical (unpaired) electrons. The second-order valence-electron chi connectivity index (χ2n) is 5.05. The van der Waals surface area contributed by atoms with E-state index in [1.807, 2.05) is 30.3 Å². The summed E-state index contributed by atoms with van der Waals surface area (Å²) in [5.74, 6) is -0.529. The first kappa shape index (κ1) is 17.8. The third-order valence-electron chi connectivity index (χ3n) is 3.30.